The summed E-state index contributed by atoms with van der Waals surface area (Å²) in [6.07, 6.45) is 6.58. The minimum Gasteiger partial charge on any atom is -0.490 e. The lowest BCUT2D eigenvalue weighted by Crippen LogP contribution is -2.16. The molecule has 1 aromatic carbocycles. The first-order valence-corrected chi connectivity index (χ1v) is 7.51. The van der Waals surface area contributed by atoms with Gasteiger partial charge in [-0.2, -0.15) is 0 Å². The van der Waals surface area contributed by atoms with Crippen LogP contribution in [0.3, 0.4) is 0 Å². The maximum absolute atomic E-state index is 11.0. The largest absolute Gasteiger partial charge is 0.490 e. The van der Waals surface area contributed by atoms with Crippen molar-refractivity contribution in [2.75, 3.05) is 7.11 Å². The van der Waals surface area contributed by atoms with E-state index in [0.29, 0.717) is 11.7 Å². The van der Waals surface area contributed by atoms with Gasteiger partial charge in [-0.3, -0.25) is 10.1 Å². The topological polar surface area (TPSA) is 52.4 Å². The molecule has 0 bridgehead atoms. The number of halogens is 1. The summed E-state index contributed by atoms with van der Waals surface area (Å²) in [5.74, 6) is 0.717. The van der Waals surface area contributed by atoms with Crippen LogP contribution in [0.4, 0.5) is 5.69 Å². The molecule has 0 heterocycles. The number of nitro benzene ring substituents is 1. The molecule has 0 saturated heterocycles. The Hall–Kier alpha value is -1.29. The highest BCUT2D eigenvalue weighted by atomic mass is 35.5. The minimum atomic E-state index is -0.395. The van der Waals surface area contributed by atoms with Gasteiger partial charge in [0, 0.05) is 11.4 Å². The normalized spacial score (nSPS) is 23.1. The van der Waals surface area contributed by atoms with Crippen molar-refractivity contribution in [1.82, 2.24) is 0 Å². The number of rotatable bonds is 4. The first kappa shape index (κ1) is 15.1. The van der Waals surface area contributed by atoms with Gasteiger partial charge in [-0.05, 0) is 36.8 Å². The summed E-state index contributed by atoms with van der Waals surface area (Å²) >= 11 is 6.44. The standard InChI is InChI=1S/C15H20ClNO3/c1-20-15-8-7-11(10-14(15)17(18)19)9-12-5-3-2-4-6-13(12)16/h7-8,10,12-13H,2-6,9H2,1H3. The molecule has 0 radical (unpaired) electrons. The van der Waals surface area contributed by atoms with Crippen LogP contribution in [0.15, 0.2) is 18.2 Å². The summed E-state index contributed by atoms with van der Waals surface area (Å²) in [4.78, 5) is 10.6. The Morgan fingerprint density at radius 2 is 2.10 bits per heavy atom. The lowest BCUT2D eigenvalue weighted by atomic mass is 9.92. The van der Waals surface area contributed by atoms with Gasteiger partial charge in [0.1, 0.15) is 0 Å². The number of ether oxygens (including phenoxy) is 1. The maximum atomic E-state index is 11.0. The van der Waals surface area contributed by atoms with Crippen LogP contribution in [-0.2, 0) is 6.42 Å². The van der Waals surface area contributed by atoms with Crippen molar-refractivity contribution < 1.29 is 9.66 Å². The molecule has 1 aliphatic carbocycles. The van der Waals surface area contributed by atoms with Crippen LogP contribution >= 0.6 is 11.6 Å². The highest BCUT2D eigenvalue weighted by Gasteiger charge is 2.23. The molecule has 1 fully saturated rings. The van der Waals surface area contributed by atoms with E-state index in [1.54, 1.807) is 12.1 Å². The van der Waals surface area contributed by atoms with Crippen molar-refractivity contribution in [3.05, 3.63) is 33.9 Å². The van der Waals surface area contributed by atoms with Gasteiger partial charge in [0.05, 0.1) is 12.0 Å². The summed E-state index contributed by atoms with van der Waals surface area (Å²) in [6, 6.07) is 5.20. The number of nitrogens with zero attached hydrogens (tertiary/aromatic N) is 1. The molecule has 1 aliphatic rings. The molecule has 2 unspecified atom stereocenters. The van der Waals surface area contributed by atoms with E-state index in [-0.39, 0.29) is 11.1 Å². The predicted molar refractivity (Wildman–Crippen MR) is 79.6 cm³/mol. The zero-order valence-electron chi connectivity index (χ0n) is 11.7. The number of benzene rings is 1. The number of nitro groups is 1. The number of hydrogen-bond donors (Lipinski definition) is 0. The third-order valence-corrected chi connectivity index (χ3v) is 4.58. The monoisotopic (exact) mass is 297 g/mol. The van der Waals surface area contributed by atoms with Crippen molar-refractivity contribution in [2.45, 2.75) is 43.9 Å². The van der Waals surface area contributed by atoms with Crippen molar-refractivity contribution >= 4 is 17.3 Å². The van der Waals surface area contributed by atoms with Crippen LogP contribution < -0.4 is 4.74 Å². The first-order chi connectivity index (χ1) is 9.61. The molecule has 2 rings (SSSR count). The SMILES string of the molecule is COc1ccc(CC2CCCCCC2Cl)cc1[N+](=O)[O-]. The number of methoxy groups -OCH3 is 1. The molecular weight excluding hydrogens is 278 g/mol. The fraction of sp³-hybridized carbons (Fsp3) is 0.600. The van der Waals surface area contributed by atoms with E-state index >= 15 is 0 Å². The fourth-order valence-electron chi connectivity index (χ4n) is 2.88. The van der Waals surface area contributed by atoms with Crippen LogP contribution in [0.25, 0.3) is 0 Å². The van der Waals surface area contributed by atoms with Gasteiger partial charge in [0.2, 0.25) is 0 Å². The minimum absolute atomic E-state index is 0.0322. The van der Waals surface area contributed by atoms with Gasteiger partial charge in [0.25, 0.3) is 0 Å². The van der Waals surface area contributed by atoms with Crippen LogP contribution in [-0.4, -0.2) is 17.4 Å². The van der Waals surface area contributed by atoms with Gasteiger partial charge in [-0.25, -0.2) is 0 Å². The second-order valence-electron chi connectivity index (χ2n) is 5.38. The van der Waals surface area contributed by atoms with E-state index in [2.05, 4.69) is 0 Å². The van der Waals surface area contributed by atoms with Crippen LogP contribution in [0, 0.1) is 16.0 Å². The zero-order valence-corrected chi connectivity index (χ0v) is 12.4. The zero-order chi connectivity index (χ0) is 14.5. The number of alkyl halides is 1. The molecule has 1 saturated carbocycles. The Kier molecular flexibility index (Phi) is 5.24. The molecule has 4 nitrogen and oxygen atoms in total. The highest BCUT2D eigenvalue weighted by Crippen LogP contribution is 2.33. The Balaban J connectivity index is 2.16. The number of hydrogen-bond acceptors (Lipinski definition) is 3. The predicted octanol–water partition coefficient (Wildman–Crippen LogP) is 4.33. The van der Waals surface area contributed by atoms with E-state index in [1.165, 1.54) is 26.4 Å². The molecule has 2 atom stereocenters. The van der Waals surface area contributed by atoms with Crippen LogP contribution in [0.5, 0.6) is 5.75 Å². The second kappa shape index (κ2) is 6.93. The Morgan fingerprint density at radius 1 is 1.35 bits per heavy atom. The van der Waals surface area contributed by atoms with Crippen molar-refractivity contribution in [3.63, 3.8) is 0 Å². The summed E-state index contributed by atoms with van der Waals surface area (Å²) in [6.45, 7) is 0. The third-order valence-electron chi connectivity index (χ3n) is 4.00. The lowest BCUT2D eigenvalue weighted by molar-refractivity contribution is -0.385. The molecule has 0 amide bonds. The molecule has 0 N–H and O–H groups in total. The van der Waals surface area contributed by atoms with Gasteiger partial charge in [-0.1, -0.05) is 25.3 Å². The van der Waals surface area contributed by atoms with E-state index in [9.17, 15) is 10.1 Å². The average molecular weight is 298 g/mol. The Labute approximate surface area is 124 Å². The summed E-state index contributed by atoms with van der Waals surface area (Å²) in [5.41, 5.74) is 1.000. The smallest absolute Gasteiger partial charge is 0.311 e. The first-order valence-electron chi connectivity index (χ1n) is 7.07. The quantitative estimate of drug-likeness (QED) is 0.360. The van der Waals surface area contributed by atoms with Crippen LogP contribution in [0.1, 0.15) is 37.7 Å². The lowest BCUT2D eigenvalue weighted by Gasteiger charge is -2.19. The molecular formula is C15H20ClNO3. The molecule has 0 spiro atoms. The fourth-order valence-corrected chi connectivity index (χ4v) is 3.25. The summed E-state index contributed by atoms with van der Waals surface area (Å²) in [5, 5.41) is 11.2. The highest BCUT2D eigenvalue weighted by molar-refractivity contribution is 6.20. The van der Waals surface area contributed by atoms with E-state index in [1.807, 2.05) is 6.07 Å². The molecule has 0 aliphatic heterocycles. The maximum Gasteiger partial charge on any atom is 0.311 e. The average Bonchev–Trinajstić information content (AvgIpc) is 2.64. The van der Waals surface area contributed by atoms with Gasteiger partial charge >= 0.3 is 5.69 Å². The van der Waals surface area contributed by atoms with Crippen molar-refractivity contribution in [1.29, 1.82) is 0 Å². The van der Waals surface area contributed by atoms with E-state index < -0.39 is 4.92 Å². The van der Waals surface area contributed by atoms with E-state index in [4.69, 9.17) is 16.3 Å². The van der Waals surface area contributed by atoms with Gasteiger partial charge in [-0.15, -0.1) is 11.6 Å². The van der Waals surface area contributed by atoms with Crippen molar-refractivity contribution in [2.24, 2.45) is 5.92 Å². The molecule has 110 valence electrons. The molecule has 1 aromatic rings. The third kappa shape index (κ3) is 3.63. The molecule has 0 aromatic heterocycles. The molecule has 20 heavy (non-hydrogen) atoms. The second-order valence-corrected chi connectivity index (χ2v) is 5.94. The molecule has 5 heteroatoms. The summed E-state index contributed by atoms with van der Waals surface area (Å²) < 4.78 is 5.03. The Bertz CT molecular complexity index is 478. The van der Waals surface area contributed by atoms with Crippen LogP contribution in [0.2, 0.25) is 0 Å². The van der Waals surface area contributed by atoms with Crippen molar-refractivity contribution in [3.8, 4) is 5.75 Å². The van der Waals surface area contributed by atoms with E-state index in [0.717, 1.165) is 24.8 Å². The van der Waals surface area contributed by atoms with Gasteiger partial charge in [0.15, 0.2) is 5.75 Å². The van der Waals surface area contributed by atoms with Gasteiger partial charge < -0.3 is 4.74 Å². The summed E-state index contributed by atoms with van der Waals surface area (Å²) in [7, 11) is 1.45. The Morgan fingerprint density at radius 3 is 2.80 bits per heavy atom.